The van der Waals surface area contributed by atoms with Gasteiger partial charge in [-0.1, -0.05) is 13.0 Å². The lowest BCUT2D eigenvalue weighted by Crippen LogP contribution is -2.23. The minimum absolute atomic E-state index is 0.458. The minimum atomic E-state index is 0.458. The molecule has 1 N–H and O–H groups in total. The number of rotatable bonds is 7. The number of aromatic nitrogens is 1. The van der Waals surface area contributed by atoms with E-state index in [1.54, 1.807) is 0 Å². The highest BCUT2D eigenvalue weighted by Gasteiger charge is 2.10. The molecular weight excluding hydrogens is 216 g/mol. The zero-order chi connectivity index (χ0) is 11.8. The number of hydrogen-bond donors (Lipinski definition) is 1. The monoisotopic (exact) mass is 238 g/mol. The van der Waals surface area contributed by atoms with Crippen LogP contribution in [0.4, 0.5) is 0 Å². The molecule has 0 fully saturated rings. The van der Waals surface area contributed by atoms with Gasteiger partial charge in [0.25, 0.3) is 0 Å². The standard InChI is InChI=1S/C13H22N2S/c1-4-6-15-13(5-7-16-3)12-8-11(2)9-14-10-12/h8-10,13,15H,4-7H2,1-3H3. The SMILES string of the molecule is CCCNC(CCSC)c1cncc(C)c1. The van der Waals surface area contributed by atoms with Gasteiger partial charge >= 0.3 is 0 Å². The first-order valence-electron chi connectivity index (χ1n) is 5.91. The van der Waals surface area contributed by atoms with Crippen LogP contribution in [0.3, 0.4) is 0 Å². The second-order valence-corrected chi connectivity index (χ2v) is 5.07. The van der Waals surface area contributed by atoms with E-state index >= 15 is 0 Å². The maximum atomic E-state index is 4.27. The van der Waals surface area contributed by atoms with Crippen molar-refractivity contribution in [2.24, 2.45) is 0 Å². The Morgan fingerprint density at radius 2 is 2.25 bits per heavy atom. The van der Waals surface area contributed by atoms with Crippen molar-refractivity contribution in [2.75, 3.05) is 18.6 Å². The van der Waals surface area contributed by atoms with Crippen LogP contribution in [0.15, 0.2) is 18.5 Å². The van der Waals surface area contributed by atoms with Crippen LogP contribution in [0, 0.1) is 6.92 Å². The van der Waals surface area contributed by atoms with E-state index < -0.39 is 0 Å². The first-order valence-corrected chi connectivity index (χ1v) is 7.31. The molecule has 1 aromatic heterocycles. The van der Waals surface area contributed by atoms with Crippen LogP contribution in [-0.2, 0) is 0 Å². The number of nitrogens with zero attached hydrogens (tertiary/aromatic N) is 1. The first-order chi connectivity index (χ1) is 7.77. The van der Waals surface area contributed by atoms with Crippen molar-refractivity contribution >= 4 is 11.8 Å². The van der Waals surface area contributed by atoms with Crippen molar-refractivity contribution in [3.05, 3.63) is 29.6 Å². The molecule has 2 nitrogen and oxygen atoms in total. The highest BCUT2D eigenvalue weighted by molar-refractivity contribution is 7.98. The molecule has 1 atom stereocenters. The molecule has 0 amide bonds. The van der Waals surface area contributed by atoms with E-state index in [1.807, 2.05) is 24.2 Å². The van der Waals surface area contributed by atoms with E-state index in [9.17, 15) is 0 Å². The van der Waals surface area contributed by atoms with Crippen LogP contribution < -0.4 is 5.32 Å². The molecular formula is C13H22N2S. The number of thioether (sulfide) groups is 1. The Morgan fingerprint density at radius 1 is 1.44 bits per heavy atom. The number of nitrogens with one attached hydrogen (secondary N) is 1. The fourth-order valence-electron chi connectivity index (χ4n) is 1.71. The maximum absolute atomic E-state index is 4.27. The molecule has 0 radical (unpaired) electrons. The summed E-state index contributed by atoms with van der Waals surface area (Å²) < 4.78 is 0. The Morgan fingerprint density at radius 3 is 2.88 bits per heavy atom. The van der Waals surface area contributed by atoms with Crippen molar-refractivity contribution in [3.63, 3.8) is 0 Å². The Bertz CT molecular complexity index is 294. The fourth-order valence-corrected chi connectivity index (χ4v) is 2.18. The summed E-state index contributed by atoms with van der Waals surface area (Å²) in [7, 11) is 0. The highest BCUT2D eigenvalue weighted by atomic mass is 32.2. The zero-order valence-electron chi connectivity index (χ0n) is 10.5. The molecule has 0 aliphatic heterocycles. The molecule has 0 saturated carbocycles. The lowest BCUT2D eigenvalue weighted by atomic mass is 10.1. The smallest absolute Gasteiger partial charge is 0.0343 e. The summed E-state index contributed by atoms with van der Waals surface area (Å²) >= 11 is 1.90. The molecule has 1 unspecified atom stereocenters. The van der Waals surface area contributed by atoms with Gasteiger partial charge in [-0.2, -0.15) is 11.8 Å². The van der Waals surface area contributed by atoms with Crippen LogP contribution >= 0.6 is 11.8 Å². The van der Waals surface area contributed by atoms with Gasteiger partial charge in [0, 0.05) is 18.4 Å². The summed E-state index contributed by atoms with van der Waals surface area (Å²) in [5.41, 5.74) is 2.56. The van der Waals surface area contributed by atoms with Crippen molar-refractivity contribution in [2.45, 2.75) is 32.7 Å². The molecule has 0 aliphatic carbocycles. The third kappa shape index (κ3) is 4.54. The summed E-state index contributed by atoms with van der Waals surface area (Å²) in [5.74, 6) is 1.19. The second-order valence-electron chi connectivity index (χ2n) is 4.08. The Balaban J connectivity index is 2.66. The molecule has 0 aliphatic rings. The van der Waals surface area contributed by atoms with E-state index in [1.165, 1.54) is 29.7 Å². The van der Waals surface area contributed by atoms with Gasteiger partial charge in [-0.15, -0.1) is 0 Å². The molecule has 16 heavy (non-hydrogen) atoms. The van der Waals surface area contributed by atoms with Gasteiger partial charge < -0.3 is 5.32 Å². The first kappa shape index (κ1) is 13.5. The second kappa shape index (κ2) is 7.69. The van der Waals surface area contributed by atoms with Gasteiger partial charge in [-0.25, -0.2) is 0 Å². The average molecular weight is 238 g/mol. The lowest BCUT2D eigenvalue weighted by Gasteiger charge is -2.18. The van der Waals surface area contributed by atoms with Crippen LogP contribution in [0.2, 0.25) is 0 Å². The molecule has 1 heterocycles. The summed E-state index contributed by atoms with van der Waals surface area (Å²) in [6, 6.07) is 2.69. The topological polar surface area (TPSA) is 24.9 Å². The van der Waals surface area contributed by atoms with Gasteiger partial charge in [0.15, 0.2) is 0 Å². The van der Waals surface area contributed by atoms with Gasteiger partial charge in [0.05, 0.1) is 0 Å². The highest BCUT2D eigenvalue weighted by Crippen LogP contribution is 2.18. The predicted octanol–water partition coefficient (Wildman–Crippen LogP) is 3.18. The average Bonchev–Trinajstić information content (AvgIpc) is 2.29. The quantitative estimate of drug-likeness (QED) is 0.789. The van der Waals surface area contributed by atoms with Crippen molar-refractivity contribution in [3.8, 4) is 0 Å². The third-order valence-electron chi connectivity index (χ3n) is 2.55. The number of aryl methyl sites for hydroxylation is 1. The van der Waals surface area contributed by atoms with Crippen LogP contribution in [0.1, 0.15) is 36.9 Å². The fraction of sp³-hybridized carbons (Fsp3) is 0.615. The van der Waals surface area contributed by atoms with Crippen molar-refractivity contribution < 1.29 is 0 Å². The summed E-state index contributed by atoms with van der Waals surface area (Å²) in [6.07, 6.45) is 8.41. The molecule has 3 heteroatoms. The van der Waals surface area contributed by atoms with Crippen LogP contribution in [0.5, 0.6) is 0 Å². The molecule has 0 bridgehead atoms. The molecule has 90 valence electrons. The van der Waals surface area contributed by atoms with Gasteiger partial charge in [-0.05, 0) is 49.4 Å². The predicted molar refractivity (Wildman–Crippen MR) is 73.0 cm³/mol. The van der Waals surface area contributed by atoms with E-state index in [0.29, 0.717) is 6.04 Å². The third-order valence-corrected chi connectivity index (χ3v) is 3.19. The summed E-state index contributed by atoms with van der Waals surface area (Å²) in [5, 5.41) is 3.59. The largest absolute Gasteiger partial charge is 0.310 e. The Labute approximate surface area is 103 Å². The number of hydrogen-bond acceptors (Lipinski definition) is 3. The minimum Gasteiger partial charge on any atom is -0.310 e. The zero-order valence-corrected chi connectivity index (χ0v) is 11.3. The number of pyridine rings is 1. The van der Waals surface area contributed by atoms with Crippen molar-refractivity contribution in [1.82, 2.24) is 10.3 Å². The molecule has 1 aromatic rings. The molecule has 0 spiro atoms. The molecule has 1 rings (SSSR count). The molecule has 0 saturated heterocycles. The Kier molecular flexibility index (Phi) is 6.50. The molecule has 0 aromatic carbocycles. The Hall–Kier alpha value is -0.540. The van der Waals surface area contributed by atoms with Gasteiger partial charge in [-0.3, -0.25) is 4.98 Å². The summed E-state index contributed by atoms with van der Waals surface area (Å²) in [4.78, 5) is 4.27. The van der Waals surface area contributed by atoms with E-state index in [0.717, 1.165) is 6.54 Å². The maximum Gasteiger partial charge on any atom is 0.0343 e. The van der Waals surface area contributed by atoms with Crippen molar-refractivity contribution in [1.29, 1.82) is 0 Å². The van der Waals surface area contributed by atoms with E-state index in [-0.39, 0.29) is 0 Å². The van der Waals surface area contributed by atoms with Gasteiger partial charge in [0.2, 0.25) is 0 Å². The lowest BCUT2D eigenvalue weighted by molar-refractivity contribution is 0.520. The normalized spacial score (nSPS) is 12.7. The van der Waals surface area contributed by atoms with E-state index in [2.05, 4.69) is 36.5 Å². The van der Waals surface area contributed by atoms with Gasteiger partial charge in [0.1, 0.15) is 0 Å². The van der Waals surface area contributed by atoms with Crippen LogP contribution in [0.25, 0.3) is 0 Å². The summed E-state index contributed by atoms with van der Waals surface area (Å²) in [6.45, 7) is 5.38. The van der Waals surface area contributed by atoms with Crippen LogP contribution in [-0.4, -0.2) is 23.5 Å². The van der Waals surface area contributed by atoms with E-state index in [4.69, 9.17) is 0 Å².